The number of hydrogen-bond donors (Lipinski definition) is 2. The van der Waals surface area contributed by atoms with Crippen molar-refractivity contribution in [2.24, 2.45) is 10.7 Å². The van der Waals surface area contributed by atoms with E-state index in [0.29, 0.717) is 11.1 Å². The third-order valence-corrected chi connectivity index (χ3v) is 6.78. The number of guanidine groups is 1. The fourth-order valence-electron chi connectivity index (χ4n) is 4.91. The van der Waals surface area contributed by atoms with Crippen molar-refractivity contribution in [1.82, 2.24) is 15.1 Å². The first-order valence-electron chi connectivity index (χ1n) is 12.2. The first-order chi connectivity index (χ1) is 18.6. The van der Waals surface area contributed by atoms with Gasteiger partial charge in [-0.2, -0.15) is 13.2 Å². The highest BCUT2D eigenvalue weighted by atomic mass is 19.4. The summed E-state index contributed by atoms with van der Waals surface area (Å²) in [5.74, 6) is -1.95. The van der Waals surface area contributed by atoms with Gasteiger partial charge in [0, 0.05) is 13.1 Å². The van der Waals surface area contributed by atoms with E-state index in [4.69, 9.17) is 5.73 Å². The van der Waals surface area contributed by atoms with Crippen LogP contribution in [0, 0.1) is 0 Å². The number of carbonyl (C=O) groups is 3. The molecule has 0 aromatic heterocycles. The second-order valence-electron chi connectivity index (χ2n) is 9.26. The topological polar surface area (TPSA) is 108 Å². The van der Waals surface area contributed by atoms with Crippen molar-refractivity contribution in [2.45, 2.75) is 18.3 Å². The molecule has 3 aromatic carbocycles. The highest BCUT2D eigenvalue weighted by Gasteiger charge is 2.50. The Morgan fingerprint density at radius 3 is 2.15 bits per heavy atom. The van der Waals surface area contributed by atoms with Crippen LogP contribution in [0.5, 0.6) is 0 Å². The number of alkyl halides is 3. The summed E-state index contributed by atoms with van der Waals surface area (Å²) in [5.41, 5.74) is 4.46. The summed E-state index contributed by atoms with van der Waals surface area (Å²) in [6.45, 7) is -0.343. The van der Waals surface area contributed by atoms with Gasteiger partial charge in [-0.25, -0.2) is 4.99 Å². The number of benzene rings is 3. The van der Waals surface area contributed by atoms with Crippen molar-refractivity contribution in [2.75, 3.05) is 19.6 Å². The van der Waals surface area contributed by atoms with Crippen molar-refractivity contribution in [3.8, 4) is 0 Å². The van der Waals surface area contributed by atoms with Gasteiger partial charge in [0.25, 0.3) is 11.8 Å². The molecule has 39 heavy (non-hydrogen) atoms. The van der Waals surface area contributed by atoms with E-state index in [1.54, 1.807) is 60.7 Å². The molecule has 1 saturated heterocycles. The number of carbonyl (C=O) groups excluding carboxylic acids is 3. The monoisotopic (exact) mass is 535 g/mol. The van der Waals surface area contributed by atoms with Crippen molar-refractivity contribution in [3.63, 3.8) is 0 Å². The Balaban J connectivity index is 1.52. The van der Waals surface area contributed by atoms with Crippen LogP contribution in [0.4, 0.5) is 13.2 Å². The molecule has 0 spiro atoms. The third-order valence-electron chi connectivity index (χ3n) is 6.78. The summed E-state index contributed by atoms with van der Waals surface area (Å²) in [6, 6.07) is 20.9. The summed E-state index contributed by atoms with van der Waals surface area (Å²) in [4.78, 5) is 45.7. The van der Waals surface area contributed by atoms with Crippen LogP contribution in [0.3, 0.4) is 0 Å². The zero-order valence-electron chi connectivity index (χ0n) is 20.6. The van der Waals surface area contributed by atoms with Crippen LogP contribution < -0.4 is 11.1 Å². The van der Waals surface area contributed by atoms with Gasteiger partial charge in [-0.3, -0.25) is 19.3 Å². The fraction of sp³-hybridized carbons (Fsp3) is 0.214. The standard InChI is InChI=1S/C28H24F3N5O3/c29-28(30,31)22-12-11-18(15-21(22)24(38)35-14-13-33-23(37)17-35)16-36-25(39)27(34-26(36)32,19-7-3-1-4-8-19)20-9-5-2-6-10-20/h1-12,15H,13-14,16-17H2,(H2,32,34)(H,33,37). The molecular weight excluding hydrogens is 511 g/mol. The Labute approximate surface area is 221 Å². The molecule has 200 valence electrons. The number of hydrogen-bond acceptors (Lipinski definition) is 5. The summed E-state index contributed by atoms with van der Waals surface area (Å²) < 4.78 is 41.5. The van der Waals surface area contributed by atoms with Gasteiger partial charge in [0.05, 0.1) is 24.2 Å². The van der Waals surface area contributed by atoms with E-state index in [1.165, 1.54) is 11.0 Å². The van der Waals surface area contributed by atoms with Crippen LogP contribution in [0.25, 0.3) is 0 Å². The Morgan fingerprint density at radius 1 is 0.974 bits per heavy atom. The number of nitrogens with zero attached hydrogens (tertiary/aromatic N) is 3. The Morgan fingerprint density at radius 2 is 1.59 bits per heavy atom. The molecule has 11 heteroatoms. The molecule has 0 saturated carbocycles. The van der Waals surface area contributed by atoms with Crippen molar-refractivity contribution in [1.29, 1.82) is 0 Å². The molecule has 3 aromatic rings. The SMILES string of the molecule is NC1=NC(c2ccccc2)(c2ccccc2)C(=O)N1Cc1ccc(C(F)(F)F)c(C(=O)N2CCNC(=O)C2)c1. The van der Waals surface area contributed by atoms with Crippen LogP contribution in [0.15, 0.2) is 83.9 Å². The maximum Gasteiger partial charge on any atom is 0.417 e. The smallest absolute Gasteiger partial charge is 0.369 e. The lowest BCUT2D eigenvalue weighted by atomic mass is 9.83. The van der Waals surface area contributed by atoms with E-state index in [1.807, 2.05) is 0 Å². The van der Waals surface area contributed by atoms with Gasteiger partial charge in [0.1, 0.15) is 0 Å². The highest BCUT2D eigenvalue weighted by Crippen LogP contribution is 2.40. The molecule has 3 amide bonds. The predicted octanol–water partition coefficient (Wildman–Crippen LogP) is 2.88. The Kier molecular flexibility index (Phi) is 6.59. The lowest BCUT2D eigenvalue weighted by Crippen LogP contribution is -2.50. The Hall–Kier alpha value is -4.67. The molecule has 1 fully saturated rings. The number of nitrogens with one attached hydrogen (secondary N) is 1. The molecule has 8 nitrogen and oxygen atoms in total. The van der Waals surface area contributed by atoms with E-state index in [-0.39, 0.29) is 37.7 Å². The number of aliphatic imine (C=N–C) groups is 1. The first-order valence-corrected chi connectivity index (χ1v) is 12.2. The van der Waals surface area contributed by atoms with Crippen molar-refractivity contribution in [3.05, 3.63) is 107 Å². The second kappa shape index (κ2) is 9.90. The molecule has 0 atom stereocenters. The van der Waals surface area contributed by atoms with E-state index in [2.05, 4.69) is 10.3 Å². The molecule has 0 aliphatic carbocycles. The summed E-state index contributed by atoms with van der Waals surface area (Å²) in [5, 5.41) is 2.54. The van der Waals surface area contributed by atoms with Gasteiger partial charge in [-0.05, 0) is 28.8 Å². The second-order valence-corrected chi connectivity index (χ2v) is 9.26. The molecule has 5 rings (SSSR count). The maximum atomic E-state index is 14.0. The van der Waals surface area contributed by atoms with E-state index >= 15 is 0 Å². The van der Waals surface area contributed by atoms with Gasteiger partial charge in [-0.1, -0.05) is 66.7 Å². The zero-order chi connectivity index (χ0) is 27.8. The lowest BCUT2D eigenvalue weighted by molar-refractivity contribution is -0.138. The number of amides is 3. The summed E-state index contributed by atoms with van der Waals surface area (Å²) in [7, 11) is 0. The quantitative estimate of drug-likeness (QED) is 0.524. The number of piperazine rings is 1. The van der Waals surface area contributed by atoms with Crippen LogP contribution in [0.1, 0.15) is 32.6 Å². The molecular formula is C28H24F3N5O3. The average molecular weight is 536 g/mol. The molecule has 0 unspecified atom stereocenters. The molecule has 3 N–H and O–H groups in total. The first kappa shape index (κ1) is 26.0. The minimum Gasteiger partial charge on any atom is -0.369 e. The average Bonchev–Trinajstić information content (AvgIpc) is 3.18. The Bertz CT molecular complexity index is 1420. The summed E-state index contributed by atoms with van der Waals surface area (Å²) in [6.07, 6.45) is -4.80. The largest absolute Gasteiger partial charge is 0.417 e. The molecule has 2 aliphatic heterocycles. The van der Waals surface area contributed by atoms with Crippen LogP contribution in [-0.4, -0.2) is 53.1 Å². The van der Waals surface area contributed by atoms with Crippen LogP contribution >= 0.6 is 0 Å². The van der Waals surface area contributed by atoms with Gasteiger partial charge in [-0.15, -0.1) is 0 Å². The van der Waals surface area contributed by atoms with Gasteiger partial charge < -0.3 is 16.0 Å². The highest BCUT2D eigenvalue weighted by molar-refractivity contribution is 6.09. The molecule has 0 bridgehead atoms. The van der Waals surface area contributed by atoms with E-state index < -0.39 is 40.6 Å². The van der Waals surface area contributed by atoms with E-state index in [9.17, 15) is 27.6 Å². The number of halogens is 3. The van der Waals surface area contributed by atoms with E-state index in [0.717, 1.165) is 17.0 Å². The van der Waals surface area contributed by atoms with Gasteiger partial charge >= 0.3 is 6.18 Å². The normalized spacial score (nSPS) is 17.2. The third kappa shape index (κ3) is 4.71. The van der Waals surface area contributed by atoms with Gasteiger partial charge in [0.2, 0.25) is 5.91 Å². The summed E-state index contributed by atoms with van der Waals surface area (Å²) >= 11 is 0. The fourth-order valence-corrected chi connectivity index (χ4v) is 4.91. The predicted molar refractivity (Wildman–Crippen MR) is 136 cm³/mol. The van der Waals surface area contributed by atoms with Crippen molar-refractivity contribution >= 4 is 23.7 Å². The van der Waals surface area contributed by atoms with Gasteiger partial charge in [0.15, 0.2) is 11.5 Å². The number of nitrogens with two attached hydrogens (primary N) is 1. The zero-order valence-corrected chi connectivity index (χ0v) is 20.6. The lowest BCUT2D eigenvalue weighted by Gasteiger charge is -2.28. The minimum absolute atomic E-state index is 0.0764. The number of rotatable bonds is 5. The molecule has 2 aliphatic rings. The van der Waals surface area contributed by atoms with Crippen molar-refractivity contribution < 1.29 is 27.6 Å². The van der Waals surface area contributed by atoms with Crippen LogP contribution in [-0.2, 0) is 27.8 Å². The maximum absolute atomic E-state index is 14.0. The van der Waals surface area contributed by atoms with Crippen LogP contribution in [0.2, 0.25) is 0 Å². The minimum atomic E-state index is -4.80. The molecule has 2 heterocycles. The molecule has 0 radical (unpaired) electrons.